The van der Waals surface area contributed by atoms with Crippen LogP contribution in [0.25, 0.3) is 0 Å². The number of halogens is 5. The first-order chi connectivity index (χ1) is 9.84. The first-order valence-electron chi connectivity index (χ1n) is 5.86. The van der Waals surface area contributed by atoms with Gasteiger partial charge in [-0.05, 0) is 12.5 Å². The molecule has 0 spiro atoms. The first-order valence-corrected chi connectivity index (χ1v) is 5.86. The summed E-state index contributed by atoms with van der Waals surface area (Å²) < 4.78 is 67.2. The molecule has 0 radical (unpaired) electrons. The molecule has 0 aliphatic heterocycles. The Hall–Kier alpha value is -2.25. The van der Waals surface area contributed by atoms with E-state index in [0.29, 0.717) is 5.69 Å². The number of nitrogens with zero attached hydrogens (tertiary/aromatic N) is 2. The Bertz CT molecular complexity index is 682. The van der Waals surface area contributed by atoms with Crippen molar-refractivity contribution < 1.29 is 26.7 Å². The predicted molar refractivity (Wildman–Crippen MR) is 62.1 cm³/mol. The zero-order valence-corrected chi connectivity index (χ0v) is 10.8. The van der Waals surface area contributed by atoms with E-state index in [1.54, 1.807) is 13.1 Å². The average molecular weight is 304 g/mol. The van der Waals surface area contributed by atoms with Crippen LogP contribution in [0.15, 0.2) is 12.3 Å². The quantitative estimate of drug-likeness (QED) is 0.377. The van der Waals surface area contributed by atoms with Gasteiger partial charge in [-0.2, -0.15) is 5.10 Å². The van der Waals surface area contributed by atoms with E-state index < -0.39 is 46.9 Å². The molecule has 2 rings (SSSR count). The molecule has 0 bridgehead atoms. The van der Waals surface area contributed by atoms with Gasteiger partial charge in [0.2, 0.25) is 5.82 Å². The van der Waals surface area contributed by atoms with Gasteiger partial charge < -0.3 is 0 Å². The maximum Gasteiger partial charge on any atom is 0.200 e. The molecule has 0 fully saturated rings. The van der Waals surface area contributed by atoms with Crippen LogP contribution in [-0.2, 0) is 13.5 Å². The van der Waals surface area contributed by atoms with Crippen LogP contribution in [0, 0.1) is 29.1 Å². The van der Waals surface area contributed by atoms with Crippen LogP contribution in [0.5, 0.6) is 0 Å². The zero-order valence-electron chi connectivity index (χ0n) is 10.8. The molecule has 3 nitrogen and oxygen atoms in total. The molecule has 21 heavy (non-hydrogen) atoms. The van der Waals surface area contributed by atoms with Crippen molar-refractivity contribution in [2.75, 3.05) is 0 Å². The third-order valence-corrected chi connectivity index (χ3v) is 3.02. The number of rotatable bonds is 4. The summed E-state index contributed by atoms with van der Waals surface area (Å²) in [6.45, 7) is 0. The molecule has 0 atom stereocenters. The van der Waals surface area contributed by atoms with Crippen LogP contribution >= 0.6 is 0 Å². The van der Waals surface area contributed by atoms with E-state index in [1.165, 1.54) is 10.9 Å². The molecule has 0 aliphatic carbocycles. The van der Waals surface area contributed by atoms with E-state index in [0.717, 1.165) is 0 Å². The minimum Gasteiger partial charge on any atom is -0.294 e. The maximum atomic E-state index is 13.4. The van der Waals surface area contributed by atoms with Crippen molar-refractivity contribution in [3.8, 4) is 0 Å². The first kappa shape index (κ1) is 15.1. The van der Waals surface area contributed by atoms with Crippen molar-refractivity contribution in [3.63, 3.8) is 0 Å². The molecule has 112 valence electrons. The fourth-order valence-electron chi connectivity index (χ4n) is 1.86. The van der Waals surface area contributed by atoms with Crippen molar-refractivity contribution >= 4 is 5.78 Å². The number of hydrogen-bond donors (Lipinski definition) is 0. The molecular formula is C13H9F5N2O. The van der Waals surface area contributed by atoms with Gasteiger partial charge in [0.25, 0.3) is 0 Å². The van der Waals surface area contributed by atoms with Crippen LogP contribution in [0.1, 0.15) is 22.5 Å². The van der Waals surface area contributed by atoms with E-state index in [-0.39, 0.29) is 6.42 Å². The largest absolute Gasteiger partial charge is 0.294 e. The fraction of sp³-hybridized carbons (Fsp3) is 0.231. The van der Waals surface area contributed by atoms with Gasteiger partial charge in [0.05, 0.1) is 5.56 Å². The second-order valence-corrected chi connectivity index (χ2v) is 4.31. The summed E-state index contributed by atoms with van der Waals surface area (Å²) in [6.07, 6.45) is 1.12. The Kier molecular flexibility index (Phi) is 4.06. The van der Waals surface area contributed by atoms with Gasteiger partial charge in [0.1, 0.15) is 0 Å². The van der Waals surface area contributed by atoms with Crippen molar-refractivity contribution in [1.82, 2.24) is 9.78 Å². The lowest BCUT2D eigenvalue weighted by atomic mass is 10.0. The van der Waals surface area contributed by atoms with Crippen molar-refractivity contribution in [2.24, 2.45) is 7.05 Å². The molecule has 0 N–H and O–H groups in total. The number of carbonyl (C=O) groups excluding carboxylic acids is 1. The molecule has 1 aromatic carbocycles. The Morgan fingerprint density at radius 2 is 1.57 bits per heavy atom. The third-order valence-electron chi connectivity index (χ3n) is 3.02. The molecule has 0 unspecified atom stereocenters. The average Bonchev–Trinajstić information content (AvgIpc) is 2.86. The van der Waals surface area contributed by atoms with Gasteiger partial charge in [-0.1, -0.05) is 0 Å². The van der Waals surface area contributed by atoms with Gasteiger partial charge in [-0.25, -0.2) is 22.0 Å². The zero-order chi connectivity index (χ0) is 15.7. The lowest BCUT2D eigenvalue weighted by molar-refractivity contribution is 0.0971. The SMILES string of the molecule is Cn1nccc1CCC(=O)c1c(F)c(F)c(F)c(F)c1F. The topological polar surface area (TPSA) is 34.9 Å². The standard InChI is InChI=1S/C13H9F5N2O/c1-20-6(4-5-19-20)2-3-7(21)8-9(14)11(16)13(18)12(17)10(8)15/h4-5H,2-3H2,1H3. The highest BCUT2D eigenvalue weighted by atomic mass is 19.2. The molecule has 0 saturated carbocycles. The summed E-state index contributed by atoms with van der Waals surface area (Å²) in [5, 5.41) is 3.83. The number of hydrogen-bond acceptors (Lipinski definition) is 2. The predicted octanol–water partition coefficient (Wildman–Crippen LogP) is 2.93. The number of carbonyl (C=O) groups is 1. The fourth-order valence-corrected chi connectivity index (χ4v) is 1.86. The van der Waals surface area contributed by atoms with Crippen LogP contribution in [0.2, 0.25) is 0 Å². The number of Topliss-reactive ketones (excluding diaryl/α,β-unsaturated/α-hetero) is 1. The van der Waals surface area contributed by atoms with Crippen molar-refractivity contribution in [1.29, 1.82) is 0 Å². The number of aromatic nitrogens is 2. The van der Waals surface area contributed by atoms with Gasteiger partial charge in [0.15, 0.2) is 29.1 Å². The molecule has 0 aliphatic rings. The van der Waals surface area contributed by atoms with E-state index in [4.69, 9.17) is 0 Å². The lowest BCUT2D eigenvalue weighted by Crippen LogP contribution is -2.14. The van der Waals surface area contributed by atoms with Gasteiger partial charge in [-0.3, -0.25) is 9.48 Å². The minimum atomic E-state index is -2.28. The highest BCUT2D eigenvalue weighted by Gasteiger charge is 2.29. The van der Waals surface area contributed by atoms with Crippen molar-refractivity contribution in [2.45, 2.75) is 12.8 Å². The summed E-state index contributed by atoms with van der Waals surface area (Å²) in [4.78, 5) is 11.7. The third kappa shape index (κ3) is 2.65. The Labute approximate surface area is 116 Å². The van der Waals surface area contributed by atoms with E-state index >= 15 is 0 Å². The number of aryl methyl sites for hydroxylation is 2. The van der Waals surface area contributed by atoms with E-state index in [2.05, 4.69) is 5.10 Å². The van der Waals surface area contributed by atoms with Crippen LogP contribution < -0.4 is 0 Å². The highest BCUT2D eigenvalue weighted by molar-refractivity contribution is 5.96. The summed E-state index contributed by atoms with van der Waals surface area (Å²) >= 11 is 0. The van der Waals surface area contributed by atoms with Crippen LogP contribution in [0.4, 0.5) is 22.0 Å². The summed E-state index contributed by atoms with van der Waals surface area (Å²) in [5.74, 6) is -11.9. The normalized spacial score (nSPS) is 11.0. The lowest BCUT2D eigenvalue weighted by Gasteiger charge is -2.07. The monoisotopic (exact) mass is 304 g/mol. The van der Waals surface area contributed by atoms with Crippen LogP contribution in [0.3, 0.4) is 0 Å². The Morgan fingerprint density at radius 1 is 1.05 bits per heavy atom. The smallest absolute Gasteiger partial charge is 0.200 e. The Morgan fingerprint density at radius 3 is 2.05 bits per heavy atom. The minimum absolute atomic E-state index is 0.0643. The Balaban J connectivity index is 2.30. The second kappa shape index (κ2) is 5.63. The van der Waals surface area contributed by atoms with Gasteiger partial charge >= 0.3 is 0 Å². The second-order valence-electron chi connectivity index (χ2n) is 4.31. The number of benzene rings is 1. The molecule has 0 saturated heterocycles. The maximum absolute atomic E-state index is 13.4. The molecule has 0 amide bonds. The summed E-state index contributed by atoms with van der Waals surface area (Å²) in [6, 6.07) is 1.58. The van der Waals surface area contributed by atoms with Gasteiger partial charge in [-0.15, -0.1) is 0 Å². The molecule has 1 heterocycles. The summed E-state index contributed by atoms with van der Waals surface area (Å²) in [5.41, 5.74) is -0.819. The number of ketones is 1. The van der Waals surface area contributed by atoms with Gasteiger partial charge in [0, 0.05) is 25.4 Å². The van der Waals surface area contributed by atoms with Crippen LogP contribution in [-0.4, -0.2) is 15.6 Å². The molecule has 8 heteroatoms. The molecule has 2 aromatic rings. The highest BCUT2D eigenvalue weighted by Crippen LogP contribution is 2.24. The molecular weight excluding hydrogens is 295 g/mol. The van der Waals surface area contributed by atoms with E-state index in [1.807, 2.05) is 0 Å². The van der Waals surface area contributed by atoms with Crippen molar-refractivity contribution in [3.05, 3.63) is 52.6 Å². The molecule has 1 aromatic heterocycles. The summed E-state index contributed by atoms with van der Waals surface area (Å²) in [7, 11) is 1.60. The van der Waals surface area contributed by atoms with E-state index in [9.17, 15) is 26.7 Å².